The molecule has 1 aliphatic heterocycles. The zero-order valence-electron chi connectivity index (χ0n) is 28.3. The highest BCUT2D eigenvalue weighted by Crippen LogP contribution is 2.38. The number of carbonyl (C=O) groups is 2. The summed E-state index contributed by atoms with van der Waals surface area (Å²) in [7, 11) is 1.59. The maximum absolute atomic E-state index is 13.4. The van der Waals surface area contributed by atoms with E-state index in [1.165, 1.54) is 6.92 Å². The first-order valence-electron chi connectivity index (χ1n) is 16.2. The number of methoxy groups -OCH3 is 1. The molecule has 0 unspecified atom stereocenters. The van der Waals surface area contributed by atoms with Crippen LogP contribution in [0.5, 0.6) is 17.2 Å². The molecule has 1 fully saturated rings. The molecular weight excluding hydrogens is 634 g/mol. The van der Waals surface area contributed by atoms with Gasteiger partial charge in [0.1, 0.15) is 29.6 Å². The molecule has 0 spiro atoms. The number of anilines is 1. The molecule has 3 heterocycles. The van der Waals surface area contributed by atoms with Crippen LogP contribution in [0.4, 0.5) is 5.69 Å². The predicted octanol–water partition coefficient (Wildman–Crippen LogP) is 5.84. The Balaban J connectivity index is 1.29. The van der Waals surface area contributed by atoms with Gasteiger partial charge in [0.2, 0.25) is 5.91 Å². The van der Waals surface area contributed by atoms with E-state index in [1.54, 1.807) is 43.6 Å². The van der Waals surface area contributed by atoms with E-state index in [9.17, 15) is 9.59 Å². The summed E-state index contributed by atoms with van der Waals surface area (Å²) in [5.41, 5.74) is 3.65. The van der Waals surface area contributed by atoms with Crippen molar-refractivity contribution in [2.75, 3.05) is 58.5 Å². The Morgan fingerprint density at radius 2 is 1.77 bits per heavy atom. The summed E-state index contributed by atoms with van der Waals surface area (Å²) < 4.78 is 24.6. The van der Waals surface area contributed by atoms with Crippen molar-refractivity contribution in [1.82, 2.24) is 19.7 Å². The van der Waals surface area contributed by atoms with Crippen LogP contribution in [0.1, 0.15) is 44.6 Å². The van der Waals surface area contributed by atoms with Gasteiger partial charge in [-0.05, 0) is 35.9 Å². The van der Waals surface area contributed by atoms with Gasteiger partial charge in [-0.2, -0.15) is 5.10 Å². The molecule has 2 aromatic heterocycles. The van der Waals surface area contributed by atoms with Crippen molar-refractivity contribution in [3.05, 3.63) is 70.6 Å². The van der Waals surface area contributed by atoms with Crippen LogP contribution in [0.3, 0.4) is 0 Å². The molecule has 0 aliphatic carbocycles. The number of nitrogens with one attached hydrogen (secondary N) is 1. The standard InChI is InChI=1S/C36H44ClN5O6/c1-24(43)39-31-22-28-30(23-34(31)47-17-16-45-5)38-9-8-32(28)48-33-7-6-25(19-29(33)37)18-27(44)20-26-21-35(36(2,3)4)40-42(26)11-10-41-12-14-46-15-13-41/h6-9,19,21-23H,10-18,20H2,1-5H3,(H,39,43). The Bertz CT molecular complexity index is 1740. The van der Waals surface area contributed by atoms with E-state index in [2.05, 4.69) is 42.0 Å². The number of amides is 1. The van der Waals surface area contributed by atoms with Gasteiger partial charge in [0, 0.05) is 75.3 Å². The van der Waals surface area contributed by atoms with Crippen LogP contribution in [-0.4, -0.2) is 84.5 Å². The number of ether oxygens (including phenoxy) is 4. The average molecular weight is 678 g/mol. The van der Waals surface area contributed by atoms with Crippen molar-refractivity contribution < 1.29 is 28.5 Å². The van der Waals surface area contributed by atoms with Gasteiger partial charge >= 0.3 is 0 Å². The van der Waals surface area contributed by atoms with Gasteiger partial charge in [-0.1, -0.05) is 38.4 Å². The highest BCUT2D eigenvalue weighted by atomic mass is 35.5. The van der Waals surface area contributed by atoms with Crippen molar-refractivity contribution in [3.8, 4) is 17.2 Å². The van der Waals surface area contributed by atoms with Crippen LogP contribution >= 0.6 is 11.6 Å². The highest BCUT2D eigenvalue weighted by molar-refractivity contribution is 6.32. The normalized spacial score (nSPS) is 13.9. The largest absolute Gasteiger partial charge is 0.489 e. The second kappa shape index (κ2) is 15.9. The Labute approximate surface area is 286 Å². The topological polar surface area (TPSA) is 117 Å². The van der Waals surface area contributed by atoms with Crippen LogP contribution in [0.15, 0.2) is 48.7 Å². The molecule has 1 amide bonds. The maximum atomic E-state index is 13.4. The number of rotatable bonds is 14. The number of benzene rings is 2. The Kier molecular flexibility index (Phi) is 11.7. The number of carbonyl (C=O) groups excluding carboxylic acids is 2. The lowest BCUT2D eigenvalue weighted by Crippen LogP contribution is -2.38. The lowest BCUT2D eigenvalue weighted by Gasteiger charge is -2.26. The van der Waals surface area contributed by atoms with Crippen molar-refractivity contribution in [2.24, 2.45) is 0 Å². The van der Waals surface area contributed by atoms with Gasteiger partial charge in [-0.25, -0.2) is 0 Å². The number of halogens is 1. The van der Waals surface area contributed by atoms with E-state index >= 15 is 0 Å². The lowest BCUT2D eigenvalue weighted by molar-refractivity contribution is -0.118. The fourth-order valence-electron chi connectivity index (χ4n) is 5.45. The molecule has 1 N–H and O–H groups in total. The number of aromatic nitrogens is 3. The number of hydrogen-bond donors (Lipinski definition) is 1. The predicted molar refractivity (Wildman–Crippen MR) is 186 cm³/mol. The van der Waals surface area contributed by atoms with Crippen LogP contribution in [-0.2, 0) is 43.9 Å². The maximum Gasteiger partial charge on any atom is 0.221 e. The zero-order valence-corrected chi connectivity index (χ0v) is 29.1. The van der Waals surface area contributed by atoms with Crippen molar-refractivity contribution in [3.63, 3.8) is 0 Å². The second-order valence-electron chi connectivity index (χ2n) is 12.9. The third-order valence-corrected chi connectivity index (χ3v) is 8.31. The number of ketones is 1. The number of Topliss-reactive ketones (excluding diaryl/α,β-unsaturated/α-hetero) is 1. The first-order valence-corrected chi connectivity index (χ1v) is 16.6. The van der Waals surface area contributed by atoms with Gasteiger partial charge in [0.05, 0.1) is 48.3 Å². The zero-order chi connectivity index (χ0) is 34.3. The summed E-state index contributed by atoms with van der Waals surface area (Å²) in [6.07, 6.45) is 2.13. The van der Waals surface area contributed by atoms with Gasteiger partial charge < -0.3 is 24.3 Å². The number of fused-ring (bicyclic) bond motifs is 1. The molecule has 48 heavy (non-hydrogen) atoms. The molecule has 4 aromatic rings. The molecule has 5 rings (SSSR count). The number of nitrogens with zero attached hydrogens (tertiary/aromatic N) is 4. The lowest BCUT2D eigenvalue weighted by atomic mass is 9.92. The van der Waals surface area contributed by atoms with Gasteiger partial charge in [0.15, 0.2) is 0 Å². The van der Waals surface area contributed by atoms with Crippen molar-refractivity contribution >= 4 is 39.9 Å². The van der Waals surface area contributed by atoms with Gasteiger partial charge in [-0.3, -0.25) is 24.2 Å². The number of morpholine rings is 1. The SMILES string of the molecule is COCCOc1cc2nccc(Oc3ccc(CC(=O)Cc4cc(C(C)(C)C)nn4CCN4CCOCC4)cc3Cl)c2cc1NC(C)=O. The van der Waals surface area contributed by atoms with Gasteiger partial charge in [-0.15, -0.1) is 0 Å². The van der Waals surface area contributed by atoms with E-state index in [4.69, 9.17) is 35.6 Å². The molecular formula is C36H44ClN5O6. The summed E-state index contributed by atoms with van der Waals surface area (Å²) in [5.74, 6) is 1.24. The molecule has 0 saturated carbocycles. The minimum atomic E-state index is -0.238. The Morgan fingerprint density at radius 1 is 0.979 bits per heavy atom. The fraction of sp³-hybridized carbons (Fsp3) is 0.444. The fourth-order valence-corrected chi connectivity index (χ4v) is 5.69. The molecule has 0 atom stereocenters. The molecule has 11 nitrogen and oxygen atoms in total. The molecule has 1 saturated heterocycles. The summed E-state index contributed by atoms with van der Waals surface area (Å²) in [5, 5.41) is 8.73. The van der Waals surface area contributed by atoms with Crippen LogP contribution < -0.4 is 14.8 Å². The van der Waals surface area contributed by atoms with E-state index in [-0.39, 0.29) is 29.9 Å². The Hall–Kier alpha value is -4.03. The molecule has 0 radical (unpaired) electrons. The van der Waals surface area contributed by atoms with E-state index < -0.39 is 0 Å². The van der Waals surface area contributed by atoms with Crippen molar-refractivity contribution in [1.29, 1.82) is 0 Å². The minimum absolute atomic E-state index is 0.0712. The first-order chi connectivity index (χ1) is 23.0. The van der Waals surface area contributed by atoms with Crippen LogP contribution in [0.25, 0.3) is 10.9 Å². The Morgan fingerprint density at radius 3 is 2.48 bits per heavy atom. The summed E-state index contributed by atoms with van der Waals surface area (Å²) in [6.45, 7) is 13.4. The second-order valence-corrected chi connectivity index (χ2v) is 13.3. The summed E-state index contributed by atoms with van der Waals surface area (Å²) >= 11 is 6.70. The third kappa shape index (κ3) is 9.31. The van der Waals surface area contributed by atoms with Crippen LogP contribution in [0, 0.1) is 0 Å². The van der Waals surface area contributed by atoms with Gasteiger partial charge in [0.25, 0.3) is 0 Å². The third-order valence-electron chi connectivity index (χ3n) is 8.02. The monoisotopic (exact) mass is 677 g/mol. The summed E-state index contributed by atoms with van der Waals surface area (Å²) in [4.78, 5) is 32.1. The summed E-state index contributed by atoms with van der Waals surface area (Å²) in [6, 6.07) is 12.7. The molecule has 12 heteroatoms. The molecule has 2 aromatic carbocycles. The number of pyridine rings is 1. The van der Waals surface area contributed by atoms with E-state index in [1.807, 2.05) is 10.7 Å². The highest BCUT2D eigenvalue weighted by Gasteiger charge is 2.22. The smallest absolute Gasteiger partial charge is 0.221 e. The molecule has 1 aliphatic rings. The quantitative estimate of drug-likeness (QED) is 0.164. The molecule has 0 bridgehead atoms. The van der Waals surface area contributed by atoms with E-state index in [0.29, 0.717) is 58.6 Å². The van der Waals surface area contributed by atoms with E-state index in [0.717, 1.165) is 49.8 Å². The average Bonchev–Trinajstić information content (AvgIpc) is 3.45. The molecule has 256 valence electrons. The minimum Gasteiger partial charge on any atom is -0.489 e. The van der Waals surface area contributed by atoms with Crippen molar-refractivity contribution in [2.45, 2.75) is 52.5 Å². The number of hydrogen-bond acceptors (Lipinski definition) is 9. The van der Waals surface area contributed by atoms with Crippen LogP contribution in [0.2, 0.25) is 5.02 Å². The first kappa shape index (κ1) is 35.3.